The fraction of sp³-hybridized carbons (Fsp3) is 0.423. The lowest BCUT2D eigenvalue weighted by Crippen LogP contribution is -2.38. The molecule has 2 N–H and O–H groups in total. The number of hydrogen-bond acceptors (Lipinski definition) is 7. The van der Waals surface area contributed by atoms with Crippen LogP contribution in [-0.4, -0.2) is 69.1 Å². The maximum atomic E-state index is 14.7. The quantitative estimate of drug-likeness (QED) is 0.385. The highest BCUT2D eigenvalue weighted by molar-refractivity contribution is 5.82. The first-order valence-corrected chi connectivity index (χ1v) is 12.5. The van der Waals surface area contributed by atoms with Gasteiger partial charge in [-0.3, -0.25) is 9.30 Å². The highest BCUT2D eigenvalue weighted by atomic mass is 19.4. The molecule has 1 unspecified atom stereocenters. The number of likely N-dealkylation sites (tertiary alicyclic amines) is 1. The molecule has 0 amide bonds. The lowest BCUT2D eigenvalue weighted by molar-refractivity contribution is -0.183. The topological polar surface area (TPSA) is 90.8 Å². The van der Waals surface area contributed by atoms with Crippen LogP contribution in [0.2, 0.25) is 0 Å². The molecule has 6 rings (SSSR count). The summed E-state index contributed by atoms with van der Waals surface area (Å²) in [7, 11) is 0. The SMILES string of the molecule is NC1CCN([C@H](c2ccc3nnc(-c4ccc5cc(F)c(OC6CCOCC6)cc5n4)n3c2)C(F)(F)F)C1. The zero-order valence-corrected chi connectivity index (χ0v) is 20.4. The molecule has 2 aliphatic heterocycles. The minimum atomic E-state index is -4.49. The largest absolute Gasteiger partial charge is 0.487 e. The fourth-order valence-corrected chi connectivity index (χ4v) is 5.21. The Hall–Kier alpha value is -3.35. The van der Waals surface area contributed by atoms with E-state index in [2.05, 4.69) is 15.2 Å². The van der Waals surface area contributed by atoms with Crippen LogP contribution in [0.1, 0.15) is 30.9 Å². The van der Waals surface area contributed by atoms with E-state index >= 15 is 0 Å². The van der Waals surface area contributed by atoms with Crippen molar-refractivity contribution in [1.82, 2.24) is 24.5 Å². The first-order chi connectivity index (χ1) is 18.3. The predicted octanol–water partition coefficient (Wildman–Crippen LogP) is 4.28. The molecule has 0 saturated carbocycles. The number of halogens is 4. The van der Waals surface area contributed by atoms with Crippen LogP contribution >= 0.6 is 0 Å². The third kappa shape index (κ3) is 4.79. The van der Waals surface area contributed by atoms with Crippen molar-refractivity contribution in [3.8, 4) is 17.3 Å². The molecule has 1 aromatic carbocycles. The van der Waals surface area contributed by atoms with Gasteiger partial charge >= 0.3 is 6.18 Å². The van der Waals surface area contributed by atoms with Crippen molar-refractivity contribution in [1.29, 1.82) is 0 Å². The van der Waals surface area contributed by atoms with Gasteiger partial charge in [0.1, 0.15) is 17.8 Å². The maximum Gasteiger partial charge on any atom is 0.408 e. The summed E-state index contributed by atoms with van der Waals surface area (Å²) in [5, 5.41) is 8.87. The summed E-state index contributed by atoms with van der Waals surface area (Å²) >= 11 is 0. The number of fused-ring (bicyclic) bond motifs is 2. The van der Waals surface area contributed by atoms with E-state index < -0.39 is 18.0 Å². The first-order valence-electron chi connectivity index (χ1n) is 12.5. The third-order valence-electron chi connectivity index (χ3n) is 7.11. The van der Waals surface area contributed by atoms with Gasteiger partial charge in [-0.05, 0) is 30.2 Å². The molecule has 0 radical (unpaired) electrons. The Morgan fingerprint density at radius 2 is 1.87 bits per heavy atom. The lowest BCUT2D eigenvalue weighted by atomic mass is 10.1. The van der Waals surface area contributed by atoms with E-state index in [1.807, 2.05) is 0 Å². The average Bonchev–Trinajstić information content (AvgIpc) is 3.50. The zero-order chi connectivity index (χ0) is 26.4. The Labute approximate surface area is 215 Å². The molecule has 2 atom stereocenters. The second-order valence-electron chi connectivity index (χ2n) is 9.80. The van der Waals surface area contributed by atoms with Gasteiger partial charge in [-0.1, -0.05) is 12.1 Å². The highest BCUT2D eigenvalue weighted by Crippen LogP contribution is 2.39. The second-order valence-corrected chi connectivity index (χ2v) is 9.80. The Morgan fingerprint density at radius 1 is 1.05 bits per heavy atom. The Balaban J connectivity index is 1.37. The summed E-state index contributed by atoms with van der Waals surface area (Å²) in [6.07, 6.45) is -1.39. The number of ether oxygens (including phenoxy) is 2. The maximum absolute atomic E-state index is 14.7. The van der Waals surface area contributed by atoms with Crippen LogP contribution < -0.4 is 10.5 Å². The third-order valence-corrected chi connectivity index (χ3v) is 7.11. The molecular formula is C26H26F4N6O2. The molecule has 12 heteroatoms. The second kappa shape index (κ2) is 9.75. The van der Waals surface area contributed by atoms with Crippen LogP contribution in [0.15, 0.2) is 42.6 Å². The minimum absolute atomic E-state index is 0.0650. The number of hydrogen-bond donors (Lipinski definition) is 1. The van der Waals surface area contributed by atoms with Gasteiger partial charge in [0.15, 0.2) is 23.0 Å². The van der Waals surface area contributed by atoms with Crippen LogP contribution in [0.4, 0.5) is 17.6 Å². The van der Waals surface area contributed by atoms with Crippen molar-refractivity contribution in [2.24, 2.45) is 5.73 Å². The van der Waals surface area contributed by atoms with Crippen molar-refractivity contribution in [3.05, 3.63) is 54.0 Å². The number of aromatic nitrogens is 4. The van der Waals surface area contributed by atoms with Gasteiger partial charge in [0, 0.05) is 49.6 Å². The summed E-state index contributed by atoms with van der Waals surface area (Å²) in [4.78, 5) is 5.99. The molecule has 0 spiro atoms. The number of pyridine rings is 2. The van der Waals surface area contributed by atoms with E-state index in [1.165, 1.54) is 39.8 Å². The van der Waals surface area contributed by atoms with Crippen LogP contribution in [0.3, 0.4) is 0 Å². The van der Waals surface area contributed by atoms with Gasteiger partial charge < -0.3 is 15.2 Å². The number of rotatable bonds is 5. The molecule has 2 aliphatic rings. The fourth-order valence-electron chi connectivity index (χ4n) is 5.21. The molecule has 0 aliphatic carbocycles. The highest BCUT2D eigenvalue weighted by Gasteiger charge is 2.46. The summed E-state index contributed by atoms with van der Waals surface area (Å²) in [5.74, 6) is -0.116. The molecule has 200 valence electrons. The molecular weight excluding hydrogens is 504 g/mol. The van der Waals surface area contributed by atoms with E-state index in [-0.39, 0.29) is 42.4 Å². The lowest BCUT2D eigenvalue weighted by Gasteiger charge is -2.30. The summed E-state index contributed by atoms with van der Waals surface area (Å²) in [6.45, 7) is 1.55. The Morgan fingerprint density at radius 3 is 2.61 bits per heavy atom. The first kappa shape index (κ1) is 25.0. The number of benzene rings is 1. The number of alkyl halides is 3. The Bertz CT molecular complexity index is 1470. The predicted molar refractivity (Wildman–Crippen MR) is 131 cm³/mol. The van der Waals surface area contributed by atoms with Gasteiger partial charge in [0.25, 0.3) is 0 Å². The summed E-state index contributed by atoms with van der Waals surface area (Å²) < 4.78 is 69.9. The van der Waals surface area contributed by atoms with Crippen LogP contribution in [0.25, 0.3) is 28.1 Å². The van der Waals surface area contributed by atoms with Gasteiger partial charge in [-0.2, -0.15) is 13.2 Å². The van der Waals surface area contributed by atoms with Crippen LogP contribution in [0, 0.1) is 5.82 Å². The normalized spacial score (nSPS) is 20.4. The van der Waals surface area contributed by atoms with Crippen molar-refractivity contribution in [3.63, 3.8) is 0 Å². The van der Waals surface area contributed by atoms with Crippen molar-refractivity contribution in [2.45, 2.75) is 43.6 Å². The van der Waals surface area contributed by atoms with Gasteiger partial charge in [-0.15, -0.1) is 10.2 Å². The average molecular weight is 531 g/mol. The van der Waals surface area contributed by atoms with Crippen molar-refractivity contribution in [2.75, 3.05) is 26.3 Å². The van der Waals surface area contributed by atoms with E-state index in [9.17, 15) is 17.6 Å². The van der Waals surface area contributed by atoms with Crippen molar-refractivity contribution >= 4 is 16.6 Å². The Kier molecular flexibility index (Phi) is 6.40. The smallest absolute Gasteiger partial charge is 0.408 e. The van der Waals surface area contributed by atoms with E-state index in [0.29, 0.717) is 54.7 Å². The van der Waals surface area contributed by atoms with Gasteiger partial charge in [0.2, 0.25) is 0 Å². The van der Waals surface area contributed by atoms with Crippen LogP contribution in [-0.2, 0) is 4.74 Å². The number of nitrogens with zero attached hydrogens (tertiary/aromatic N) is 5. The summed E-state index contributed by atoms with van der Waals surface area (Å²) in [5.41, 5.74) is 7.20. The molecule has 4 aromatic rings. The van der Waals surface area contributed by atoms with E-state index in [1.54, 1.807) is 12.1 Å². The molecule has 3 aromatic heterocycles. The summed E-state index contributed by atoms with van der Waals surface area (Å²) in [6, 6.07) is 7.07. The molecule has 5 heterocycles. The molecule has 38 heavy (non-hydrogen) atoms. The molecule has 8 nitrogen and oxygen atoms in total. The van der Waals surface area contributed by atoms with Gasteiger partial charge in [0.05, 0.1) is 18.7 Å². The molecule has 2 fully saturated rings. The number of nitrogens with two attached hydrogens (primary N) is 1. The van der Waals surface area contributed by atoms with Crippen LogP contribution in [0.5, 0.6) is 5.75 Å². The van der Waals surface area contributed by atoms with E-state index in [0.717, 1.165) is 0 Å². The zero-order valence-electron chi connectivity index (χ0n) is 20.4. The monoisotopic (exact) mass is 530 g/mol. The molecule has 0 bridgehead atoms. The van der Waals surface area contributed by atoms with Gasteiger partial charge in [-0.25, -0.2) is 9.37 Å². The minimum Gasteiger partial charge on any atom is -0.487 e. The van der Waals surface area contributed by atoms with E-state index in [4.69, 9.17) is 15.2 Å². The standard InChI is InChI=1S/C26H26F4N6O2/c27-19-11-15-1-3-20(32-21(15)12-22(19)38-18-6-9-37-10-7-18)25-34-33-23-4-2-16(13-36(23)25)24(26(28,29)30)35-8-5-17(31)14-35/h1-4,11-13,17-18,24H,5-10,14,31H2/t17?,24-/m1/s1. The molecule has 2 saturated heterocycles. The van der Waals surface area contributed by atoms with Crippen molar-refractivity contribution < 1.29 is 27.0 Å².